The second-order valence-electron chi connectivity index (χ2n) is 3.52. The highest BCUT2D eigenvalue weighted by molar-refractivity contribution is 6.32. The first-order valence-electron chi connectivity index (χ1n) is 5.50. The van der Waals surface area contributed by atoms with Crippen molar-refractivity contribution in [2.75, 3.05) is 26.2 Å². The summed E-state index contributed by atoms with van der Waals surface area (Å²) in [7, 11) is -0.0510. The quantitative estimate of drug-likeness (QED) is 0.591. The molecule has 1 aliphatic heterocycles. The lowest BCUT2D eigenvalue weighted by Crippen LogP contribution is -2.72. The molecule has 1 heterocycles. The Balaban J connectivity index is 2.51. The predicted octanol–water partition coefficient (Wildman–Crippen LogP) is 0.268. The van der Waals surface area contributed by atoms with Crippen LogP contribution in [0.5, 0.6) is 0 Å². The molecule has 0 spiro atoms. The predicted molar refractivity (Wildman–Crippen MR) is 60.0 cm³/mol. The molecule has 0 N–H and O–H groups in total. The van der Waals surface area contributed by atoms with Crippen molar-refractivity contribution in [2.45, 2.75) is 34.0 Å². The summed E-state index contributed by atoms with van der Waals surface area (Å²) >= 11 is 0. The van der Waals surface area contributed by atoms with Gasteiger partial charge in [0.15, 0.2) is 9.84 Å². The zero-order valence-corrected chi connectivity index (χ0v) is 10.9. The fourth-order valence-electron chi connectivity index (χ4n) is 2.05. The lowest BCUT2D eigenvalue weighted by molar-refractivity contribution is -0.0330. The van der Waals surface area contributed by atoms with E-state index in [0.29, 0.717) is 6.29 Å². The summed E-state index contributed by atoms with van der Waals surface area (Å²) in [5, 5.41) is 0. The van der Waals surface area contributed by atoms with Crippen LogP contribution < -0.4 is 0 Å². The van der Waals surface area contributed by atoms with E-state index in [1.807, 2.05) is 0 Å². The molecule has 0 amide bonds. The SMILES string of the molecule is CCN(CC)C1N(CC)[SiH2]N1CC. The van der Waals surface area contributed by atoms with Gasteiger partial charge < -0.3 is 0 Å². The Morgan fingerprint density at radius 1 is 1.00 bits per heavy atom. The minimum atomic E-state index is -0.0510. The first-order valence-corrected chi connectivity index (χ1v) is 6.77. The number of hydrogen-bond acceptors (Lipinski definition) is 3. The molecular weight excluding hydrogens is 178 g/mol. The van der Waals surface area contributed by atoms with E-state index < -0.39 is 0 Å². The first kappa shape index (κ1) is 11.2. The number of nitrogens with zero attached hydrogens (tertiary/aromatic N) is 3. The molecule has 0 aromatic rings. The normalized spacial score (nSPS) is 27.0. The van der Waals surface area contributed by atoms with Crippen LogP contribution in [0.25, 0.3) is 0 Å². The Morgan fingerprint density at radius 2 is 1.46 bits per heavy atom. The van der Waals surface area contributed by atoms with Gasteiger partial charge in [-0.2, -0.15) is 0 Å². The van der Waals surface area contributed by atoms with Crippen molar-refractivity contribution >= 4 is 9.84 Å². The van der Waals surface area contributed by atoms with Crippen molar-refractivity contribution in [3.05, 3.63) is 0 Å². The average Bonchev–Trinajstić information content (AvgIpc) is 2.13. The van der Waals surface area contributed by atoms with Crippen molar-refractivity contribution < 1.29 is 0 Å². The first-order chi connectivity index (χ1) is 6.28. The lowest BCUT2D eigenvalue weighted by Gasteiger charge is -2.54. The maximum absolute atomic E-state index is 2.65. The van der Waals surface area contributed by atoms with Crippen LogP contribution in [-0.4, -0.2) is 56.3 Å². The lowest BCUT2D eigenvalue weighted by atomic mass is 10.4. The van der Waals surface area contributed by atoms with Gasteiger partial charge in [0.05, 0.1) is 0 Å². The average molecular weight is 201 g/mol. The molecule has 1 saturated heterocycles. The highest BCUT2D eigenvalue weighted by atomic mass is 28.2. The van der Waals surface area contributed by atoms with Crippen LogP contribution in [0.15, 0.2) is 0 Å². The molecule has 0 bridgehead atoms. The molecule has 1 fully saturated rings. The Morgan fingerprint density at radius 3 is 1.77 bits per heavy atom. The van der Waals surface area contributed by atoms with Gasteiger partial charge in [-0.3, -0.25) is 14.0 Å². The van der Waals surface area contributed by atoms with Gasteiger partial charge in [-0.15, -0.1) is 0 Å². The standard InChI is InChI=1S/C9H23N3Si/c1-5-10(6-2)9-11(7-3)13-12(9)8-4/h9H,5-8,13H2,1-4H3. The van der Waals surface area contributed by atoms with E-state index in [4.69, 9.17) is 0 Å². The highest BCUT2D eigenvalue weighted by Gasteiger charge is 2.37. The van der Waals surface area contributed by atoms with Gasteiger partial charge in [-0.25, -0.2) is 0 Å². The topological polar surface area (TPSA) is 9.72 Å². The molecule has 0 aliphatic carbocycles. The second kappa shape index (κ2) is 5.10. The minimum absolute atomic E-state index is 0.0510. The molecule has 0 aromatic carbocycles. The smallest absolute Gasteiger partial charge is 0.177 e. The van der Waals surface area contributed by atoms with Gasteiger partial charge in [0.1, 0.15) is 6.29 Å². The third-order valence-electron chi connectivity index (χ3n) is 2.97. The van der Waals surface area contributed by atoms with Crippen LogP contribution in [0.1, 0.15) is 27.7 Å². The van der Waals surface area contributed by atoms with E-state index in [9.17, 15) is 0 Å². The molecule has 78 valence electrons. The Kier molecular flexibility index (Phi) is 4.38. The summed E-state index contributed by atoms with van der Waals surface area (Å²) in [4.78, 5) is 2.55. The molecule has 4 heteroatoms. The fourth-order valence-corrected chi connectivity index (χ4v) is 3.83. The Labute approximate surface area is 84.7 Å². The molecule has 1 aliphatic rings. The van der Waals surface area contributed by atoms with Crippen LogP contribution in [-0.2, 0) is 0 Å². The van der Waals surface area contributed by atoms with Crippen LogP contribution in [0.2, 0.25) is 0 Å². The molecular formula is C9H23N3Si. The van der Waals surface area contributed by atoms with Crippen LogP contribution in [0, 0.1) is 0 Å². The van der Waals surface area contributed by atoms with Gasteiger partial charge in [-0.05, 0) is 26.2 Å². The van der Waals surface area contributed by atoms with Crippen molar-refractivity contribution in [1.29, 1.82) is 0 Å². The summed E-state index contributed by atoms with van der Waals surface area (Å²) in [6.07, 6.45) is 0.636. The summed E-state index contributed by atoms with van der Waals surface area (Å²) in [5.74, 6) is 0. The Hall–Kier alpha value is 0.0969. The molecule has 0 radical (unpaired) electrons. The van der Waals surface area contributed by atoms with Crippen molar-refractivity contribution in [3.8, 4) is 0 Å². The highest BCUT2D eigenvalue weighted by Crippen LogP contribution is 2.18. The molecule has 0 aromatic heterocycles. The van der Waals surface area contributed by atoms with Crippen LogP contribution >= 0.6 is 0 Å². The summed E-state index contributed by atoms with van der Waals surface area (Å²) < 4.78 is 5.30. The maximum atomic E-state index is 2.65. The van der Waals surface area contributed by atoms with Gasteiger partial charge in [-0.1, -0.05) is 27.7 Å². The van der Waals surface area contributed by atoms with Gasteiger partial charge in [0.2, 0.25) is 0 Å². The van der Waals surface area contributed by atoms with Crippen molar-refractivity contribution in [3.63, 3.8) is 0 Å². The molecule has 0 saturated carbocycles. The van der Waals surface area contributed by atoms with Crippen LogP contribution in [0.3, 0.4) is 0 Å². The molecule has 13 heavy (non-hydrogen) atoms. The molecule has 0 atom stereocenters. The van der Waals surface area contributed by atoms with Crippen LogP contribution in [0.4, 0.5) is 0 Å². The largest absolute Gasteiger partial charge is 0.290 e. The zero-order chi connectivity index (χ0) is 9.84. The van der Waals surface area contributed by atoms with E-state index in [1.54, 1.807) is 0 Å². The Bertz CT molecular complexity index is 140. The van der Waals surface area contributed by atoms with E-state index in [2.05, 4.69) is 41.7 Å². The molecule has 0 unspecified atom stereocenters. The molecule has 1 rings (SSSR count). The monoisotopic (exact) mass is 201 g/mol. The van der Waals surface area contributed by atoms with E-state index in [1.165, 1.54) is 26.2 Å². The van der Waals surface area contributed by atoms with E-state index >= 15 is 0 Å². The summed E-state index contributed by atoms with van der Waals surface area (Å²) in [6.45, 7) is 13.8. The third kappa shape index (κ3) is 2.12. The minimum Gasteiger partial charge on any atom is -0.290 e. The number of hydrogen-bond donors (Lipinski definition) is 0. The van der Waals surface area contributed by atoms with Crippen molar-refractivity contribution in [2.24, 2.45) is 0 Å². The molecule has 3 nitrogen and oxygen atoms in total. The number of rotatable bonds is 5. The van der Waals surface area contributed by atoms with E-state index in [0.717, 1.165) is 0 Å². The summed E-state index contributed by atoms with van der Waals surface area (Å²) in [6, 6.07) is 0. The summed E-state index contributed by atoms with van der Waals surface area (Å²) in [5.41, 5.74) is 0. The van der Waals surface area contributed by atoms with Gasteiger partial charge in [0.25, 0.3) is 0 Å². The van der Waals surface area contributed by atoms with Gasteiger partial charge in [0, 0.05) is 0 Å². The maximum Gasteiger partial charge on any atom is 0.177 e. The van der Waals surface area contributed by atoms with Gasteiger partial charge >= 0.3 is 0 Å². The fraction of sp³-hybridized carbons (Fsp3) is 1.00. The zero-order valence-electron chi connectivity index (χ0n) is 9.45. The van der Waals surface area contributed by atoms with Crippen molar-refractivity contribution in [1.82, 2.24) is 14.0 Å². The van der Waals surface area contributed by atoms with E-state index in [-0.39, 0.29) is 9.84 Å². The third-order valence-corrected chi connectivity index (χ3v) is 5.24. The second-order valence-corrected chi connectivity index (χ2v) is 5.43.